The molecule has 2 aliphatic heterocycles. The molecule has 2 aliphatic carbocycles. The van der Waals surface area contributed by atoms with Crippen LogP contribution in [0, 0.1) is 17.8 Å². The van der Waals surface area contributed by atoms with Crippen LogP contribution in [-0.2, 0) is 19.0 Å². The van der Waals surface area contributed by atoms with Crippen molar-refractivity contribution in [3.63, 3.8) is 0 Å². The van der Waals surface area contributed by atoms with Gasteiger partial charge in [-0.25, -0.2) is 0 Å². The van der Waals surface area contributed by atoms with Gasteiger partial charge in [0.2, 0.25) is 11.8 Å². The van der Waals surface area contributed by atoms with Crippen LogP contribution in [0.5, 0.6) is 5.75 Å². The van der Waals surface area contributed by atoms with Gasteiger partial charge in [0.05, 0.1) is 24.5 Å². The molecule has 4 atom stereocenters. The van der Waals surface area contributed by atoms with E-state index < -0.39 is 25.1 Å². The van der Waals surface area contributed by atoms with Gasteiger partial charge >= 0.3 is 7.12 Å². The molecule has 0 unspecified atom stereocenters. The predicted octanol–water partition coefficient (Wildman–Crippen LogP) is 6.64. The number of aromatic hydroxyl groups is 1. The third-order valence-electron chi connectivity index (χ3n) is 10.7. The first-order valence-electron chi connectivity index (χ1n) is 16.8. The zero-order chi connectivity index (χ0) is 31.8. The largest absolute Gasteiger partial charge is 0.507 e. The monoisotopic (exact) mass is 619 g/mol. The number of phenolic OH excluding ortho intramolecular Hbond substituents is 1. The van der Waals surface area contributed by atoms with Crippen LogP contribution in [0.15, 0.2) is 77.9 Å². The van der Waals surface area contributed by atoms with Gasteiger partial charge in [0.1, 0.15) is 5.75 Å². The molecule has 2 amide bonds. The summed E-state index contributed by atoms with van der Waals surface area (Å²) < 4.78 is 11.9. The number of benzene rings is 3. The van der Waals surface area contributed by atoms with Crippen LogP contribution < -0.4 is 0 Å². The van der Waals surface area contributed by atoms with E-state index in [0.717, 1.165) is 70.7 Å². The number of allylic oxidation sites excluding steroid dienone is 1. The van der Waals surface area contributed by atoms with Gasteiger partial charge in [0, 0.05) is 18.5 Å². The number of nitrogens with zero attached hydrogens (tertiary/aromatic N) is 1. The van der Waals surface area contributed by atoms with Gasteiger partial charge in [0.15, 0.2) is 0 Å². The van der Waals surface area contributed by atoms with Crippen molar-refractivity contribution in [2.45, 2.75) is 69.8 Å². The Labute approximate surface area is 271 Å². The number of amides is 2. The number of carbonyl (C=O) groups is 2. The minimum atomic E-state index is -1.02. The lowest BCUT2D eigenvalue weighted by Gasteiger charge is -2.43. The molecule has 4 aliphatic rings. The number of hydrogen-bond donors (Lipinski definition) is 2. The minimum Gasteiger partial charge on any atom is -0.507 e. The van der Waals surface area contributed by atoms with Gasteiger partial charge in [-0.2, -0.15) is 0 Å². The van der Waals surface area contributed by atoms with E-state index in [1.54, 1.807) is 18.1 Å². The standard InChI is InChI=1S/C38H42BNO6/c1-45-23-27-21-31-36(38(43)40(37(31)42)28-12-6-3-7-13-28)32-22-39(44)46-34(35(27)32)19-17-25(24-10-4-2-5-11-24)20-26-16-18-33(41)30-15-9-8-14-29(26)30/h2,4-5,8-11,14-16,18,20,28,31-32,34,36,41,44H,3,6-7,12-13,17,19,21-23H2,1H3/b25-20-/t31-,32+,34-,36-/m1/s1. The maximum Gasteiger partial charge on any atom is 0.455 e. The van der Waals surface area contributed by atoms with Crippen molar-refractivity contribution in [3.8, 4) is 5.75 Å². The number of hydrogen-bond acceptors (Lipinski definition) is 6. The van der Waals surface area contributed by atoms with E-state index >= 15 is 0 Å². The predicted molar refractivity (Wildman–Crippen MR) is 180 cm³/mol. The summed E-state index contributed by atoms with van der Waals surface area (Å²) in [4.78, 5) is 29.5. The molecule has 2 heterocycles. The molecule has 7 rings (SSSR count). The Hall–Kier alpha value is -3.72. The maximum atomic E-state index is 14.1. The normalized spacial score (nSPS) is 25.7. The Morgan fingerprint density at radius 1 is 0.957 bits per heavy atom. The fourth-order valence-corrected chi connectivity index (χ4v) is 8.65. The smallest absolute Gasteiger partial charge is 0.455 e. The Morgan fingerprint density at radius 3 is 2.46 bits per heavy atom. The Kier molecular flexibility index (Phi) is 8.86. The van der Waals surface area contributed by atoms with E-state index in [-0.39, 0.29) is 29.5 Å². The minimum absolute atomic E-state index is 0.0104. The summed E-state index contributed by atoms with van der Waals surface area (Å²) in [6.07, 6.45) is 8.83. The zero-order valence-corrected chi connectivity index (χ0v) is 26.4. The highest BCUT2D eigenvalue weighted by atomic mass is 16.5. The third kappa shape index (κ3) is 5.72. The number of fused-ring (bicyclic) bond motifs is 4. The molecular weight excluding hydrogens is 577 g/mol. The van der Waals surface area contributed by atoms with Crippen molar-refractivity contribution in [2.24, 2.45) is 17.8 Å². The SMILES string of the molecule is COCC1=C2[C@@H](CC/C(=C/c3ccc(O)c4ccccc34)c3ccccc3)OB(O)C[C@@H]2[C@@H]2C(=O)N(C3CCCCC3)C(=O)[C@@H]2C1. The molecule has 0 bridgehead atoms. The first-order valence-corrected chi connectivity index (χ1v) is 16.8. The molecule has 46 heavy (non-hydrogen) atoms. The summed E-state index contributed by atoms with van der Waals surface area (Å²) in [6.45, 7) is 0.372. The van der Waals surface area contributed by atoms with Crippen molar-refractivity contribution in [2.75, 3.05) is 13.7 Å². The molecule has 3 aromatic carbocycles. The number of methoxy groups -OCH3 is 1. The van der Waals surface area contributed by atoms with E-state index in [1.165, 1.54) is 0 Å². The zero-order valence-electron chi connectivity index (χ0n) is 26.4. The molecule has 2 N–H and O–H groups in total. The number of phenols is 1. The van der Waals surface area contributed by atoms with Gasteiger partial charge < -0.3 is 19.5 Å². The number of likely N-dealkylation sites (tertiary alicyclic amines) is 1. The maximum absolute atomic E-state index is 14.1. The second-order valence-electron chi connectivity index (χ2n) is 13.4. The number of carbonyl (C=O) groups excluding carboxylic acids is 2. The van der Waals surface area contributed by atoms with E-state index in [0.29, 0.717) is 32.2 Å². The first-order chi connectivity index (χ1) is 22.4. The molecule has 0 aromatic heterocycles. The average Bonchev–Trinajstić information content (AvgIpc) is 3.33. The van der Waals surface area contributed by atoms with Crippen molar-refractivity contribution >= 4 is 41.4 Å². The molecule has 3 aromatic rings. The molecule has 0 spiro atoms. The van der Waals surface area contributed by atoms with E-state index in [1.807, 2.05) is 48.5 Å². The molecule has 2 saturated heterocycles. The second kappa shape index (κ2) is 13.2. The molecule has 0 radical (unpaired) electrons. The van der Waals surface area contributed by atoms with Crippen molar-refractivity contribution < 1.29 is 29.1 Å². The Balaban J connectivity index is 1.22. The van der Waals surface area contributed by atoms with Gasteiger partial charge in [-0.1, -0.05) is 86.0 Å². The summed E-state index contributed by atoms with van der Waals surface area (Å²) in [5, 5.41) is 23.3. The van der Waals surface area contributed by atoms with Crippen molar-refractivity contribution in [3.05, 3.63) is 89.0 Å². The highest BCUT2D eigenvalue weighted by Crippen LogP contribution is 2.51. The summed E-state index contributed by atoms with van der Waals surface area (Å²) in [7, 11) is 0.647. The summed E-state index contributed by atoms with van der Waals surface area (Å²) in [5.74, 6) is -0.964. The van der Waals surface area contributed by atoms with Crippen LogP contribution in [0.4, 0.5) is 0 Å². The van der Waals surface area contributed by atoms with Crippen LogP contribution in [0.1, 0.15) is 62.5 Å². The topological polar surface area (TPSA) is 96.3 Å². The quantitative estimate of drug-likeness (QED) is 0.127. The Morgan fingerprint density at radius 2 is 1.70 bits per heavy atom. The van der Waals surface area contributed by atoms with Crippen LogP contribution >= 0.6 is 0 Å². The number of rotatable bonds is 8. The third-order valence-corrected chi connectivity index (χ3v) is 10.7. The van der Waals surface area contributed by atoms with Crippen LogP contribution in [0.3, 0.4) is 0 Å². The van der Waals surface area contributed by atoms with Crippen LogP contribution in [0.2, 0.25) is 6.32 Å². The number of imide groups is 1. The van der Waals surface area contributed by atoms with Gasteiger partial charge in [-0.3, -0.25) is 14.5 Å². The van der Waals surface area contributed by atoms with Crippen molar-refractivity contribution in [1.82, 2.24) is 4.90 Å². The Bertz CT molecular complexity index is 1680. The van der Waals surface area contributed by atoms with Gasteiger partial charge in [0.25, 0.3) is 0 Å². The summed E-state index contributed by atoms with van der Waals surface area (Å²) in [6, 6.07) is 21.7. The first kappa shape index (κ1) is 30.9. The number of ether oxygens (including phenoxy) is 1. The van der Waals surface area contributed by atoms with E-state index in [9.17, 15) is 19.7 Å². The highest BCUT2D eigenvalue weighted by molar-refractivity contribution is 6.43. The van der Waals surface area contributed by atoms with E-state index in [4.69, 9.17) is 9.39 Å². The lowest BCUT2D eigenvalue weighted by atomic mass is 9.58. The van der Waals surface area contributed by atoms with Gasteiger partial charge in [-0.15, -0.1) is 0 Å². The summed E-state index contributed by atoms with van der Waals surface area (Å²) >= 11 is 0. The molecular formula is C38H42BNO6. The lowest BCUT2D eigenvalue weighted by molar-refractivity contribution is -0.143. The molecule has 238 valence electrons. The summed E-state index contributed by atoms with van der Waals surface area (Å²) in [5.41, 5.74) is 5.28. The highest BCUT2D eigenvalue weighted by Gasteiger charge is 2.58. The molecule has 8 heteroatoms. The molecule has 7 nitrogen and oxygen atoms in total. The average molecular weight is 620 g/mol. The fourth-order valence-electron chi connectivity index (χ4n) is 8.65. The molecule has 1 saturated carbocycles. The molecule has 3 fully saturated rings. The van der Waals surface area contributed by atoms with E-state index in [2.05, 4.69) is 18.2 Å². The van der Waals surface area contributed by atoms with Crippen LogP contribution in [-0.4, -0.2) is 59.8 Å². The van der Waals surface area contributed by atoms with Gasteiger partial charge in [-0.05, 0) is 83.6 Å². The second-order valence-corrected chi connectivity index (χ2v) is 13.4. The fraction of sp³-hybridized carbons (Fsp3) is 0.421. The lowest BCUT2D eigenvalue weighted by Crippen LogP contribution is -2.47. The van der Waals surface area contributed by atoms with Crippen LogP contribution in [0.25, 0.3) is 22.4 Å². The van der Waals surface area contributed by atoms with Crippen molar-refractivity contribution in [1.29, 1.82) is 0 Å².